The third-order valence-corrected chi connectivity index (χ3v) is 8.32. The molecule has 1 aromatic carbocycles. The lowest BCUT2D eigenvalue weighted by molar-refractivity contribution is -0.434. The van der Waals surface area contributed by atoms with Crippen molar-refractivity contribution >= 4 is 22.8 Å². The molecule has 0 saturated heterocycles. The van der Waals surface area contributed by atoms with E-state index in [1.807, 2.05) is 19.9 Å². The number of aromatic nitrogens is 1. The van der Waals surface area contributed by atoms with Gasteiger partial charge in [0.05, 0.1) is 30.1 Å². The Balaban J connectivity index is 0.000000205. The summed E-state index contributed by atoms with van der Waals surface area (Å²) in [5.41, 5.74) is 5.19. The van der Waals surface area contributed by atoms with Gasteiger partial charge in [0.15, 0.2) is 11.5 Å². The Morgan fingerprint density at radius 3 is 2.28 bits per heavy atom. The van der Waals surface area contributed by atoms with Crippen LogP contribution >= 0.6 is 0 Å². The Morgan fingerprint density at radius 1 is 1.10 bits per heavy atom. The first-order valence-electron chi connectivity index (χ1n) is 14.2. The van der Waals surface area contributed by atoms with Gasteiger partial charge in [0.1, 0.15) is 23.9 Å². The van der Waals surface area contributed by atoms with E-state index in [0.29, 0.717) is 16.7 Å². The van der Waals surface area contributed by atoms with Crippen LogP contribution in [0.3, 0.4) is 0 Å². The number of nitriles is 1. The lowest BCUT2D eigenvalue weighted by atomic mass is 9.68. The average molecular weight is 533 g/mol. The first-order valence-corrected chi connectivity index (χ1v) is 14.2. The number of allylic oxidation sites excluding steroid dienone is 2. The number of carbonyl (C=O) groups is 1. The van der Waals surface area contributed by atoms with Gasteiger partial charge in [0.2, 0.25) is 11.6 Å². The highest BCUT2D eigenvalue weighted by atomic mass is 16.5. The number of methoxy groups -OCH3 is 1. The highest BCUT2D eigenvalue weighted by Gasteiger charge is 2.49. The number of nitrogens with zero attached hydrogens (tertiary/aromatic N) is 3. The highest BCUT2D eigenvalue weighted by Crippen LogP contribution is 2.48. The van der Waals surface area contributed by atoms with E-state index < -0.39 is 5.56 Å². The molecule has 5 rings (SSSR count). The summed E-state index contributed by atoms with van der Waals surface area (Å²) < 4.78 is 8.69. The fourth-order valence-electron chi connectivity index (χ4n) is 6.31. The van der Waals surface area contributed by atoms with Crippen molar-refractivity contribution in [3.63, 3.8) is 0 Å². The molecule has 0 atom stereocenters. The summed E-state index contributed by atoms with van der Waals surface area (Å²) in [5, 5.41) is 19.4. The van der Waals surface area contributed by atoms with Crippen LogP contribution in [-0.2, 0) is 21.5 Å². The summed E-state index contributed by atoms with van der Waals surface area (Å²) in [5.74, 6) is -0.0179. The minimum atomic E-state index is -0.555. The molecule has 7 nitrogen and oxygen atoms in total. The van der Waals surface area contributed by atoms with E-state index in [1.54, 1.807) is 25.1 Å². The van der Waals surface area contributed by atoms with Crippen molar-refractivity contribution in [2.24, 2.45) is 0 Å². The van der Waals surface area contributed by atoms with Crippen molar-refractivity contribution in [1.82, 2.24) is 4.57 Å². The van der Waals surface area contributed by atoms with Crippen LogP contribution < -0.4 is 5.56 Å². The number of aromatic hydroxyl groups is 1. The molecule has 1 N–H and O–H groups in total. The summed E-state index contributed by atoms with van der Waals surface area (Å²) in [7, 11) is 1.44. The molecule has 0 bridgehead atoms. The predicted octanol–water partition coefficient (Wildman–Crippen LogP) is 6.14. The number of pyridine rings is 1. The minimum absolute atomic E-state index is 0.0673. The number of hydrogen-bond acceptors (Lipinski definition) is 5. The second-order valence-electron chi connectivity index (χ2n) is 9.95. The van der Waals surface area contributed by atoms with Crippen LogP contribution in [0.25, 0.3) is 5.57 Å². The minimum Gasteiger partial charge on any atom is -0.500 e. The Kier molecular flexibility index (Phi) is 9.55. The summed E-state index contributed by atoms with van der Waals surface area (Å²) in [6.45, 7) is 13.1. The quantitative estimate of drug-likeness (QED) is 0.478. The van der Waals surface area contributed by atoms with Crippen LogP contribution in [0.2, 0.25) is 0 Å². The van der Waals surface area contributed by atoms with Gasteiger partial charge in [0.25, 0.3) is 5.56 Å². The van der Waals surface area contributed by atoms with Crippen molar-refractivity contribution in [3.8, 4) is 11.9 Å². The third-order valence-electron chi connectivity index (χ3n) is 8.32. The number of para-hydroxylation sites is 1. The molecule has 2 aliphatic carbocycles. The van der Waals surface area contributed by atoms with Gasteiger partial charge in [-0.15, -0.1) is 0 Å². The zero-order chi connectivity index (χ0) is 28.9. The number of ether oxygens (including phenoxy) is 1. The number of ketones is 1. The Hall–Kier alpha value is -3.66. The molecule has 1 spiro atoms. The zero-order valence-electron chi connectivity index (χ0n) is 24.5. The van der Waals surface area contributed by atoms with Gasteiger partial charge in [0, 0.05) is 25.1 Å². The van der Waals surface area contributed by atoms with E-state index in [-0.39, 0.29) is 41.3 Å². The SMILES string of the molecule is CC.CC[N+]1=C(C)C2(CCCCC2)c2ccccc21.CCn1c(O)c(C2=C(OC)CC2=O)c(C)c(C#N)c1=O. The maximum atomic E-state index is 12.0. The van der Waals surface area contributed by atoms with Crippen molar-refractivity contribution in [2.45, 2.75) is 92.0 Å². The highest BCUT2D eigenvalue weighted by molar-refractivity contribution is 6.29. The van der Waals surface area contributed by atoms with Gasteiger partial charge in [-0.3, -0.25) is 14.2 Å². The summed E-state index contributed by atoms with van der Waals surface area (Å²) in [6, 6.07) is 10.9. The number of fused-ring (bicyclic) bond motifs is 2. The first-order chi connectivity index (χ1) is 18.8. The number of benzene rings is 1. The summed E-state index contributed by atoms with van der Waals surface area (Å²) >= 11 is 0. The van der Waals surface area contributed by atoms with E-state index in [2.05, 4.69) is 42.7 Å². The van der Waals surface area contributed by atoms with E-state index in [1.165, 1.54) is 44.9 Å². The molecule has 2 heterocycles. The molecule has 1 fully saturated rings. The number of carbonyl (C=O) groups excluding carboxylic acids is 1. The van der Waals surface area contributed by atoms with Crippen molar-refractivity contribution in [3.05, 3.63) is 62.6 Å². The normalized spacial score (nSPS) is 16.9. The molecule has 1 aliphatic heterocycles. The van der Waals surface area contributed by atoms with Gasteiger partial charge >= 0.3 is 0 Å². The van der Waals surface area contributed by atoms with Crippen LogP contribution in [-0.4, -0.2) is 39.4 Å². The van der Waals surface area contributed by atoms with Crippen LogP contribution in [0.5, 0.6) is 5.88 Å². The zero-order valence-corrected chi connectivity index (χ0v) is 24.5. The van der Waals surface area contributed by atoms with Gasteiger partial charge in [-0.25, -0.2) is 0 Å². The Labute approximate surface area is 232 Å². The van der Waals surface area contributed by atoms with Crippen LogP contribution in [0, 0.1) is 18.3 Å². The molecular formula is C32H42N3O4+. The lowest BCUT2D eigenvalue weighted by Crippen LogP contribution is -2.35. The third kappa shape index (κ3) is 4.93. The molecule has 3 aliphatic rings. The van der Waals surface area contributed by atoms with E-state index in [4.69, 9.17) is 10.00 Å². The van der Waals surface area contributed by atoms with Gasteiger partial charge in [-0.1, -0.05) is 51.3 Å². The molecule has 1 saturated carbocycles. The van der Waals surface area contributed by atoms with E-state index in [9.17, 15) is 14.7 Å². The summed E-state index contributed by atoms with van der Waals surface area (Å²) in [6.07, 6.45) is 7.08. The maximum Gasteiger partial charge on any atom is 0.271 e. The molecular weight excluding hydrogens is 490 g/mol. The number of hydrogen-bond donors (Lipinski definition) is 1. The maximum absolute atomic E-state index is 12.0. The molecule has 208 valence electrons. The van der Waals surface area contributed by atoms with Gasteiger partial charge < -0.3 is 9.84 Å². The lowest BCUT2D eigenvalue weighted by Gasteiger charge is -2.31. The Morgan fingerprint density at radius 2 is 1.74 bits per heavy atom. The fraction of sp³-hybridized carbons (Fsp3) is 0.500. The number of rotatable bonds is 4. The van der Waals surface area contributed by atoms with Crippen molar-refractivity contribution in [2.75, 3.05) is 13.7 Å². The molecule has 0 radical (unpaired) electrons. The average Bonchev–Trinajstić information content (AvgIpc) is 3.18. The van der Waals surface area contributed by atoms with Gasteiger partial charge in [-0.2, -0.15) is 9.84 Å². The summed E-state index contributed by atoms with van der Waals surface area (Å²) in [4.78, 5) is 23.8. The number of Topliss-reactive ketones (excluding diaryl/α,β-unsaturated/α-hetero) is 1. The second kappa shape index (κ2) is 12.5. The van der Waals surface area contributed by atoms with E-state index in [0.717, 1.165) is 11.1 Å². The molecule has 0 amide bonds. The molecule has 1 aromatic heterocycles. The molecule has 0 unspecified atom stereocenters. The van der Waals surface area contributed by atoms with Crippen molar-refractivity contribution < 1.29 is 19.2 Å². The fourth-order valence-corrected chi connectivity index (χ4v) is 6.31. The second-order valence-corrected chi connectivity index (χ2v) is 9.95. The van der Waals surface area contributed by atoms with Crippen LogP contribution in [0.1, 0.15) is 95.4 Å². The van der Waals surface area contributed by atoms with E-state index >= 15 is 0 Å². The first kappa shape index (κ1) is 29.9. The van der Waals surface area contributed by atoms with Crippen molar-refractivity contribution in [1.29, 1.82) is 5.26 Å². The topological polar surface area (TPSA) is 95.3 Å². The van der Waals surface area contributed by atoms with Crippen LogP contribution in [0.15, 0.2) is 34.8 Å². The largest absolute Gasteiger partial charge is 0.500 e. The standard InChI is InChI=1S/C16H22N.C14H14N2O4.C2H6/c1-3-17-13(2)16(11-7-4-8-12-16)14-9-5-6-10-15(14)17;1-4-16-13(18)8(6-15)7(2)11(14(16)19)12-9(17)5-10(12)20-3;1-2/h5-6,9-10H,3-4,7-8,11-12H2,1-2H3;19H,4-5H2,1-3H3;1-2H3/q+1;;. The van der Waals surface area contributed by atoms with Crippen LogP contribution in [0.4, 0.5) is 5.69 Å². The van der Waals surface area contributed by atoms with Gasteiger partial charge in [-0.05, 0) is 39.2 Å². The molecule has 2 aromatic rings. The predicted molar refractivity (Wildman–Crippen MR) is 155 cm³/mol. The Bertz CT molecular complexity index is 1420. The molecule has 7 heteroatoms. The smallest absolute Gasteiger partial charge is 0.271 e. The monoisotopic (exact) mass is 532 g/mol. The molecule has 39 heavy (non-hydrogen) atoms.